The van der Waals surface area contributed by atoms with Gasteiger partial charge in [-0.05, 0) is 42.8 Å². The molecule has 0 saturated heterocycles. The summed E-state index contributed by atoms with van der Waals surface area (Å²) in [5, 5.41) is 3.86. The quantitative estimate of drug-likeness (QED) is 0.368. The minimum atomic E-state index is -0.379. The fourth-order valence-electron chi connectivity index (χ4n) is 3.34. The Labute approximate surface area is 184 Å². The number of halogens is 1. The van der Waals surface area contributed by atoms with E-state index in [4.69, 9.17) is 20.8 Å². The second-order valence-corrected chi connectivity index (χ2v) is 7.33. The summed E-state index contributed by atoms with van der Waals surface area (Å²) in [4.78, 5) is 26.0. The lowest BCUT2D eigenvalue weighted by molar-refractivity contribution is -0.115. The number of nitrogens with one attached hydrogen (secondary N) is 1. The first kappa shape index (κ1) is 20.7. The first-order chi connectivity index (χ1) is 15.1. The number of amides is 1. The van der Waals surface area contributed by atoms with Crippen LogP contribution in [0.25, 0.3) is 11.0 Å². The van der Waals surface area contributed by atoms with Gasteiger partial charge in [0.25, 0.3) is 0 Å². The number of rotatable bonds is 7. The number of carbonyl (C=O) groups is 2. The molecule has 0 aliphatic rings. The molecule has 4 rings (SSSR count). The van der Waals surface area contributed by atoms with Crippen LogP contribution in [-0.4, -0.2) is 18.3 Å². The summed E-state index contributed by atoms with van der Waals surface area (Å²) in [7, 11) is 0. The predicted molar refractivity (Wildman–Crippen MR) is 121 cm³/mol. The van der Waals surface area contributed by atoms with Crippen molar-refractivity contribution in [1.82, 2.24) is 0 Å². The van der Waals surface area contributed by atoms with E-state index in [0.29, 0.717) is 39.6 Å². The first-order valence-electron chi connectivity index (χ1n) is 9.89. The van der Waals surface area contributed by atoms with E-state index in [1.807, 2.05) is 49.4 Å². The number of anilines is 1. The normalized spacial score (nSPS) is 10.8. The topological polar surface area (TPSA) is 68.5 Å². The van der Waals surface area contributed by atoms with E-state index < -0.39 is 0 Å². The fraction of sp³-hybridized carbons (Fsp3) is 0.120. The molecule has 3 aromatic carbocycles. The number of ether oxygens (including phenoxy) is 1. The zero-order valence-corrected chi connectivity index (χ0v) is 17.6. The van der Waals surface area contributed by atoms with Crippen molar-refractivity contribution >= 4 is 39.9 Å². The smallest absolute Gasteiger partial charge is 0.230 e. The molecule has 156 valence electrons. The number of para-hydroxylation sites is 1. The monoisotopic (exact) mass is 433 g/mol. The van der Waals surface area contributed by atoms with Crippen LogP contribution in [-0.2, 0) is 11.2 Å². The van der Waals surface area contributed by atoms with Crippen LogP contribution >= 0.6 is 11.6 Å². The van der Waals surface area contributed by atoms with E-state index in [1.54, 1.807) is 24.3 Å². The first-order valence-corrected chi connectivity index (χ1v) is 10.3. The molecule has 1 heterocycles. The van der Waals surface area contributed by atoms with Gasteiger partial charge in [0, 0.05) is 10.9 Å². The molecule has 0 aliphatic heterocycles. The highest BCUT2D eigenvalue weighted by molar-refractivity contribution is 6.32. The lowest BCUT2D eigenvalue weighted by Gasteiger charge is -2.08. The third kappa shape index (κ3) is 4.47. The van der Waals surface area contributed by atoms with Crippen LogP contribution in [0.1, 0.15) is 28.6 Å². The Morgan fingerprint density at radius 1 is 1.00 bits per heavy atom. The molecule has 4 aromatic rings. The maximum absolute atomic E-state index is 13.3. The zero-order chi connectivity index (χ0) is 21.8. The number of hydrogen-bond donors (Lipinski definition) is 1. The van der Waals surface area contributed by atoms with Crippen molar-refractivity contribution in [3.05, 3.63) is 94.7 Å². The summed E-state index contributed by atoms with van der Waals surface area (Å²) in [5.74, 6) is -0.0581. The highest BCUT2D eigenvalue weighted by atomic mass is 35.5. The summed E-state index contributed by atoms with van der Waals surface area (Å²) < 4.78 is 11.3. The molecule has 1 N–H and O–H groups in total. The van der Waals surface area contributed by atoms with Crippen molar-refractivity contribution in [3.8, 4) is 5.75 Å². The van der Waals surface area contributed by atoms with Gasteiger partial charge in [0.15, 0.2) is 5.76 Å². The molecule has 0 atom stereocenters. The van der Waals surface area contributed by atoms with Gasteiger partial charge in [-0.3, -0.25) is 9.59 Å². The van der Waals surface area contributed by atoms with Gasteiger partial charge in [-0.2, -0.15) is 0 Å². The van der Waals surface area contributed by atoms with Gasteiger partial charge in [-0.15, -0.1) is 0 Å². The molecule has 6 heteroatoms. The molecule has 5 nitrogen and oxygen atoms in total. The summed E-state index contributed by atoms with van der Waals surface area (Å²) in [6.45, 7) is 2.32. The standard InChI is InChI=1S/C25H20ClNO4/c1-2-30-21-13-12-17(15-19(21)26)24(29)25-23(18-10-6-7-11-20(18)31-25)27-22(28)14-16-8-4-3-5-9-16/h3-13,15H,2,14H2,1H3,(H,27,28). The zero-order valence-electron chi connectivity index (χ0n) is 16.9. The number of hydrogen-bond acceptors (Lipinski definition) is 4. The van der Waals surface area contributed by atoms with Gasteiger partial charge >= 0.3 is 0 Å². The van der Waals surface area contributed by atoms with E-state index in [1.165, 1.54) is 6.07 Å². The van der Waals surface area contributed by atoms with Crippen molar-refractivity contribution in [3.63, 3.8) is 0 Å². The molecule has 0 radical (unpaired) electrons. The summed E-state index contributed by atoms with van der Waals surface area (Å²) in [5.41, 5.74) is 2.08. The number of ketones is 1. The van der Waals surface area contributed by atoms with E-state index >= 15 is 0 Å². The molecule has 1 aromatic heterocycles. The van der Waals surface area contributed by atoms with Crippen LogP contribution in [0.15, 0.2) is 77.2 Å². The van der Waals surface area contributed by atoms with Crippen LogP contribution in [0.5, 0.6) is 5.75 Å². The van der Waals surface area contributed by atoms with Gasteiger partial charge in [-0.1, -0.05) is 54.1 Å². The van der Waals surface area contributed by atoms with E-state index in [-0.39, 0.29) is 23.9 Å². The second-order valence-electron chi connectivity index (χ2n) is 6.92. The van der Waals surface area contributed by atoms with Gasteiger partial charge in [0.05, 0.1) is 23.7 Å². The second kappa shape index (κ2) is 9.06. The number of carbonyl (C=O) groups excluding carboxylic acids is 2. The van der Waals surface area contributed by atoms with Gasteiger partial charge in [0.2, 0.25) is 11.7 Å². The molecule has 0 saturated carbocycles. The van der Waals surface area contributed by atoms with Crippen LogP contribution < -0.4 is 10.1 Å². The Kier molecular flexibility index (Phi) is 6.05. The largest absolute Gasteiger partial charge is 0.492 e. The van der Waals surface area contributed by atoms with Crippen molar-refractivity contribution in [2.45, 2.75) is 13.3 Å². The fourth-order valence-corrected chi connectivity index (χ4v) is 3.58. The van der Waals surface area contributed by atoms with E-state index in [2.05, 4.69) is 5.32 Å². The summed E-state index contributed by atoms with van der Waals surface area (Å²) in [6, 6.07) is 21.4. The van der Waals surface area contributed by atoms with Crippen molar-refractivity contribution in [2.24, 2.45) is 0 Å². The molecule has 0 aliphatic carbocycles. The summed E-state index contributed by atoms with van der Waals surface area (Å²) in [6.07, 6.45) is 0.183. The lowest BCUT2D eigenvalue weighted by atomic mass is 10.1. The van der Waals surface area contributed by atoms with Gasteiger partial charge < -0.3 is 14.5 Å². The van der Waals surface area contributed by atoms with Crippen LogP contribution in [0, 0.1) is 0 Å². The molecule has 0 unspecified atom stereocenters. The molecule has 1 amide bonds. The Morgan fingerprint density at radius 2 is 1.74 bits per heavy atom. The molecule has 0 fully saturated rings. The van der Waals surface area contributed by atoms with Crippen molar-refractivity contribution < 1.29 is 18.7 Å². The highest BCUT2D eigenvalue weighted by Gasteiger charge is 2.24. The average Bonchev–Trinajstić information content (AvgIpc) is 3.14. The Bertz CT molecular complexity index is 1250. The SMILES string of the molecule is CCOc1ccc(C(=O)c2oc3ccccc3c2NC(=O)Cc2ccccc2)cc1Cl. The highest BCUT2D eigenvalue weighted by Crippen LogP contribution is 2.34. The Morgan fingerprint density at radius 3 is 2.48 bits per heavy atom. The number of fused-ring (bicyclic) bond motifs is 1. The lowest BCUT2D eigenvalue weighted by Crippen LogP contribution is -2.16. The number of benzene rings is 3. The minimum absolute atomic E-state index is 0.0582. The maximum atomic E-state index is 13.3. The van der Waals surface area contributed by atoms with Crippen molar-refractivity contribution in [2.75, 3.05) is 11.9 Å². The van der Waals surface area contributed by atoms with E-state index in [9.17, 15) is 9.59 Å². The number of furan rings is 1. The van der Waals surface area contributed by atoms with Gasteiger partial charge in [0.1, 0.15) is 11.3 Å². The molecule has 31 heavy (non-hydrogen) atoms. The third-order valence-electron chi connectivity index (χ3n) is 4.77. The average molecular weight is 434 g/mol. The Hall–Kier alpha value is -3.57. The van der Waals surface area contributed by atoms with Crippen LogP contribution in [0.4, 0.5) is 5.69 Å². The van der Waals surface area contributed by atoms with Gasteiger partial charge in [-0.25, -0.2) is 0 Å². The maximum Gasteiger partial charge on any atom is 0.230 e. The predicted octanol–water partition coefficient (Wildman–Crippen LogP) is 5.90. The molecule has 0 bridgehead atoms. The minimum Gasteiger partial charge on any atom is -0.492 e. The molecular formula is C25H20ClNO4. The van der Waals surface area contributed by atoms with Crippen LogP contribution in [0.3, 0.4) is 0 Å². The van der Waals surface area contributed by atoms with E-state index in [0.717, 1.165) is 5.56 Å². The van der Waals surface area contributed by atoms with Crippen molar-refractivity contribution in [1.29, 1.82) is 0 Å². The summed E-state index contributed by atoms with van der Waals surface area (Å²) >= 11 is 6.26. The third-order valence-corrected chi connectivity index (χ3v) is 5.06. The molecular weight excluding hydrogens is 414 g/mol. The molecule has 0 spiro atoms. The van der Waals surface area contributed by atoms with Crippen LogP contribution in [0.2, 0.25) is 5.02 Å². The Balaban J connectivity index is 1.68.